The maximum atomic E-state index is 12.9. The van der Waals surface area contributed by atoms with Crippen molar-refractivity contribution in [1.82, 2.24) is 15.2 Å². The average Bonchev–Trinajstić information content (AvgIpc) is 3.42. The largest absolute Gasteiger partial charge is 0.493 e. The van der Waals surface area contributed by atoms with E-state index in [1.54, 1.807) is 31.5 Å². The van der Waals surface area contributed by atoms with Crippen LogP contribution in [0, 0.1) is 5.92 Å². The third kappa shape index (κ3) is 5.51. The summed E-state index contributed by atoms with van der Waals surface area (Å²) in [4.78, 5) is 25.0. The SMILES string of the molecule is CCOc1cc(C2=NN(Cc3ccc(NC(=O)c4cc[nH]n4)cc3)C(=O)CC2CC)ccc1OC. The lowest BCUT2D eigenvalue weighted by atomic mass is 9.89. The van der Waals surface area contributed by atoms with E-state index >= 15 is 0 Å². The second kappa shape index (κ2) is 10.9. The normalized spacial score (nSPS) is 15.5. The molecule has 0 bridgehead atoms. The van der Waals surface area contributed by atoms with Gasteiger partial charge in [0.15, 0.2) is 11.5 Å². The van der Waals surface area contributed by atoms with Gasteiger partial charge in [0.05, 0.1) is 26.0 Å². The van der Waals surface area contributed by atoms with E-state index in [0.29, 0.717) is 42.5 Å². The van der Waals surface area contributed by atoms with Crippen LogP contribution in [0.4, 0.5) is 5.69 Å². The molecule has 0 saturated carbocycles. The van der Waals surface area contributed by atoms with E-state index in [-0.39, 0.29) is 17.7 Å². The Hall–Kier alpha value is -4.14. The summed E-state index contributed by atoms with van der Waals surface area (Å²) >= 11 is 0. The zero-order chi connectivity index (χ0) is 24.8. The number of methoxy groups -OCH3 is 1. The Labute approximate surface area is 204 Å². The third-order valence-corrected chi connectivity index (χ3v) is 5.85. The molecule has 35 heavy (non-hydrogen) atoms. The number of rotatable bonds is 9. The molecule has 182 valence electrons. The van der Waals surface area contributed by atoms with E-state index in [2.05, 4.69) is 22.4 Å². The van der Waals surface area contributed by atoms with Gasteiger partial charge in [-0.1, -0.05) is 19.1 Å². The first kappa shape index (κ1) is 24.0. The summed E-state index contributed by atoms with van der Waals surface area (Å²) < 4.78 is 11.1. The number of nitrogens with one attached hydrogen (secondary N) is 2. The minimum atomic E-state index is -0.295. The second-order valence-electron chi connectivity index (χ2n) is 8.16. The average molecular weight is 476 g/mol. The number of hydrazone groups is 1. The molecular formula is C26H29N5O4. The molecule has 0 radical (unpaired) electrons. The van der Waals surface area contributed by atoms with Crippen LogP contribution >= 0.6 is 0 Å². The molecule has 0 spiro atoms. The van der Waals surface area contributed by atoms with E-state index in [1.165, 1.54) is 5.01 Å². The Morgan fingerprint density at radius 2 is 1.94 bits per heavy atom. The van der Waals surface area contributed by atoms with Gasteiger partial charge in [0.2, 0.25) is 5.91 Å². The number of H-pyrrole nitrogens is 1. The Kier molecular flexibility index (Phi) is 7.45. The number of ether oxygens (including phenoxy) is 2. The standard InChI is InChI=1S/C26H29N5O4/c1-4-18-15-24(32)31(30-25(18)19-8-11-22(34-3)23(14-19)35-5-2)16-17-6-9-20(10-7-17)28-26(33)21-12-13-27-29-21/h6-14,18H,4-5,15-16H2,1-3H3,(H,27,29)(H,28,33). The monoisotopic (exact) mass is 475 g/mol. The van der Waals surface area contributed by atoms with E-state index in [4.69, 9.17) is 14.6 Å². The fraction of sp³-hybridized carbons (Fsp3) is 0.308. The number of benzene rings is 2. The van der Waals surface area contributed by atoms with Crippen LogP contribution in [0.5, 0.6) is 11.5 Å². The van der Waals surface area contributed by atoms with Gasteiger partial charge in [-0.3, -0.25) is 14.7 Å². The van der Waals surface area contributed by atoms with Crippen LogP contribution in [-0.4, -0.2) is 46.4 Å². The summed E-state index contributed by atoms with van der Waals surface area (Å²) in [5.74, 6) is 1.03. The number of aromatic amines is 1. The zero-order valence-corrected chi connectivity index (χ0v) is 20.1. The van der Waals surface area contributed by atoms with Gasteiger partial charge in [-0.25, -0.2) is 5.01 Å². The highest BCUT2D eigenvalue weighted by Gasteiger charge is 2.29. The highest BCUT2D eigenvalue weighted by Crippen LogP contribution is 2.32. The topological polar surface area (TPSA) is 109 Å². The molecule has 1 aromatic heterocycles. The van der Waals surface area contributed by atoms with Crippen molar-refractivity contribution >= 4 is 23.2 Å². The molecule has 2 amide bonds. The number of hydrogen-bond acceptors (Lipinski definition) is 6. The molecular weight excluding hydrogens is 446 g/mol. The summed E-state index contributed by atoms with van der Waals surface area (Å²) in [6, 6.07) is 14.7. The van der Waals surface area contributed by atoms with Crippen molar-refractivity contribution in [2.24, 2.45) is 11.0 Å². The van der Waals surface area contributed by atoms with Crippen molar-refractivity contribution < 1.29 is 19.1 Å². The number of carbonyl (C=O) groups is 2. The lowest BCUT2D eigenvalue weighted by molar-refractivity contribution is -0.133. The van der Waals surface area contributed by atoms with Crippen molar-refractivity contribution in [1.29, 1.82) is 0 Å². The number of hydrogen-bond donors (Lipinski definition) is 2. The maximum Gasteiger partial charge on any atom is 0.276 e. The molecule has 2 aromatic carbocycles. The Balaban J connectivity index is 1.53. The van der Waals surface area contributed by atoms with Crippen molar-refractivity contribution in [3.05, 3.63) is 71.5 Å². The second-order valence-corrected chi connectivity index (χ2v) is 8.16. The number of anilines is 1. The molecule has 1 aliphatic rings. The summed E-state index contributed by atoms with van der Waals surface area (Å²) in [5.41, 5.74) is 3.63. The first-order chi connectivity index (χ1) is 17.0. The molecule has 9 nitrogen and oxygen atoms in total. The fourth-order valence-corrected chi connectivity index (χ4v) is 3.99. The van der Waals surface area contributed by atoms with Crippen LogP contribution in [-0.2, 0) is 11.3 Å². The molecule has 0 aliphatic carbocycles. The lowest BCUT2D eigenvalue weighted by Gasteiger charge is -2.29. The van der Waals surface area contributed by atoms with E-state index in [0.717, 1.165) is 23.3 Å². The molecule has 1 aliphatic heterocycles. The Bertz CT molecular complexity index is 1200. The smallest absolute Gasteiger partial charge is 0.276 e. The van der Waals surface area contributed by atoms with Crippen molar-refractivity contribution in [3.63, 3.8) is 0 Å². The molecule has 0 saturated heterocycles. The zero-order valence-electron chi connectivity index (χ0n) is 20.1. The quantitative estimate of drug-likeness (QED) is 0.481. The highest BCUT2D eigenvalue weighted by atomic mass is 16.5. The van der Waals surface area contributed by atoms with E-state index in [1.807, 2.05) is 37.3 Å². The van der Waals surface area contributed by atoms with Crippen molar-refractivity contribution in [2.45, 2.75) is 33.2 Å². The summed E-state index contributed by atoms with van der Waals surface area (Å²) in [6.07, 6.45) is 2.79. The highest BCUT2D eigenvalue weighted by molar-refractivity contribution is 6.06. The van der Waals surface area contributed by atoms with Gasteiger partial charge in [-0.2, -0.15) is 10.2 Å². The van der Waals surface area contributed by atoms with Crippen LogP contribution < -0.4 is 14.8 Å². The molecule has 1 unspecified atom stereocenters. The number of carbonyl (C=O) groups excluding carboxylic acids is 2. The summed E-state index contributed by atoms with van der Waals surface area (Å²) in [6.45, 7) is 4.84. The van der Waals surface area contributed by atoms with E-state index in [9.17, 15) is 9.59 Å². The molecule has 2 heterocycles. The lowest BCUT2D eigenvalue weighted by Crippen LogP contribution is -2.36. The van der Waals surface area contributed by atoms with Crippen LogP contribution in [0.25, 0.3) is 0 Å². The van der Waals surface area contributed by atoms with Gasteiger partial charge in [0.25, 0.3) is 5.91 Å². The Morgan fingerprint density at radius 1 is 1.14 bits per heavy atom. The van der Waals surface area contributed by atoms with Gasteiger partial charge in [0.1, 0.15) is 5.69 Å². The van der Waals surface area contributed by atoms with Crippen LogP contribution in [0.3, 0.4) is 0 Å². The first-order valence-electron chi connectivity index (χ1n) is 11.6. The van der Waals surface area contributed by atoms with Gasteiger partial charge >= 0.3 is 0 Å². The van der Waals surface area contributed by atoms with Crippen molar-refractivity contribution in [2.75, 3.05) is 19.0 Å². The van der Waals surface area contributed by atoms with Gasteiger partial charge in [-0.15, -0.1) is 0 Å². The predicted octanol–water partition coefficient (Wildman–Crippen LogP) is 4.23. The van der Waals surface area contributed by atoms with Gasteiger partial charge < -0.3 is 14.8 Å². The summed E-state index contributed by atoms with van der Waals surface area (Å²) in [7, 11) is 1.61. The predicted molar refractivity (Wildman–Crippen MR) is 133 cm³/mol. The minimum absolute atomic E-state index is 0.0185. The molecule has 4 rings (SSSR count). The number of nitrogens with zero attached hydrogens (tertiary/aromatic N) is 3. The van der Waals surface area contributed by atoms with E-state index < -0.39 is 0 Å². The first-order valence-corrected chi connectivity index (χ1v) is 11.6. The Morgan fingerprint density at radius 3 is 2.60 bits per heavy atom. The van der Waals surface area contributed by atoms with Crippen LogP contribution in [0.2, 0.25) is 0 Å². The van der Waals surface area contributed by atoms with Crippen LogP contribution in [0.15, 0.2) is 59.8 Å². The summed E-state index contributed by atoms with van der Waals surface area (Å²) in [5, 5.41) is 15.6. The fourth-order valence-electron chi connectivity index (χ4n) is 3.99. The van der Waals surface area contributed by atoms with Crippen LogP contribution in [0.1, 0.15) is 48.3 Å². The maximum absolute atomic E-state index is 12.9. The van der Waals surface area contributed by atoms with Crippen molar-refractivity contribution in [3.8, 4) is 11.5 Å². The third-order valence-electron chi connectivity index (χ3n) is 5.85. The molecule has 9 heteroatoms. The molecule has 0 fully saturated rings. The molecule has 3 aromatic rings. The van der Waals surface area contributed by atoms with Gasteiger partial charge in [-0.05, 0) is 55.3 Å². The number of amides is 2. The molecule has 1 atom stereocenters. The van der Waals surface area contributed by atoms with Gasteiger partial charge in [0, 0.05) is 29.8 Å². The molecule has 2 N–H and O–H groups in total. The minimum Gasteiger partial charge on any atom is -0.493 e. The number of aromatic nitrogens is 2.